The highest BCUT2D eigenvalue weighted by Gasteiger charge is 2.09. The van der Waals surface area contributed by atoms with Crippen molar-refractivity contribution in [2.24, 2.45) is 0 Å². The maximum Gasteiger partial charge on any atom is 0.271 e. The van der Waals surface area contributed by atoms with Crippen molar-refractivity contribution in [2.75, 3.05) is 25.0 Å². The molecule has 0 radical (unpaired) electrons. The van der Waals surface area contributed by atoms with Gasteiger partial charge in [0, 0.05) is 36.6 Å². The lowest BCUT2D eigenvalue weighted by atomic mass is 10.2. The van der Waals surface area contributed by atoms with Crippen LogP contribution in [0, 0.1) is 10.1 Å². The predicted octanol–water partition coefficient (Wildman–Crippen LogP) is 5.49. The molecule has 31 heavy (non-hydrogen) atoms. The standard InChI is InChI=1S/C22H24ClN3O4S/c1-2-29-22-12-16(5-8-21(22)30-15-18-4-3-11-31-18)14-24-9-10-25-20-7-6-17(26(27)28)13-19(20)23/h3-8,11-13,24-25H,2,9-10,14-15H2,1H3. The number of hydrogen-bond acceptors (Lipinski definition) is 7. The van der Waals surface area contributed by atoms with Crippen molar-refractivity contribution < 1.29 is 14.4 Å². The fourth-order valence-electron chi connectivity index (χ4n) is 2.87. The molecule has 1 heterocycles. The van der Waals surface area contributed by atoms with Crippen molar-refractivity contribution in [3.63, 3.8) is 0 Å². The van der Waals surface area contributed by atoms with Gasteiger partial charge in [-0.3, -0.25) is 10.1 Å². The first-order chi connectivity index (χ1) is 15.1. The van der Waals surface area contributed by atoms with E-state index in [9.17, 15) is 10.1 Å². The zero-order chi connectivity index (χ0) is 22.1. The summed E-state index contributed by atoms with van der Waals surface area (Å²) in [5, 5.41) is 19.7. The Morgan fingerprint density at radius 3 is 2.68 bits per heavy atom. The van der Waals surface area contributed by atoms with E-state index in [4.69, 9.17) is 21.1 Å². The molecule has 3 rings (SSSR count). The lowest BCUT2D eigenvalue weighted by Crippen LogP contribution is -2.22. The number of halogens is 1. The van der Waals surface area contributed by atoms with Gasteiger partial charge in [-0.25, -0.2) is 0 Å². The molecule has 0 spiro atoms. The first kappa shape index (κ1) is 22.9. The summed E-state index contributed by atoms with van der Waals surface area (Å²) in [4.78, 5) is 11.5. The van der Waals surface area contributed by atoms with E-state index in [0.717, 1.165) is 21.9 Å². The van der Waals surface area contributed by atoms with Crippen LogP contribution in [0.1, 0.15) is 17.4 Å². The van der Waals surface area contributed by atoms with Gasteiger partial charge in [0.05, 0.1) is 22.2 Å². The fourth-order valence-corrected chi connectivity index (χ4v) is 3.73. The van der Waals surface area contributed by atoms with Crippen LogP contribution in [0.25, 0.3) is 0 Å². The molecule has 0 bridgehead atoms. The summed E-state index contributed by atoms with van der Waals surface area (Å²) in [5.74, 6) is 1.46. The van der Waals surface area contributed by atoms with Crippen LogP contribution in [0.3, 0.4) is 0 Å². The number of rotatable bonds is 12. The molecule has 7 nitrogen and oxygen atoms in total. The quantitative estimate of drug-likeness (QED) is 0.211. The fraction of sp³-hybridized carbons (Fsp3) is 0.273. The summed E-state index contributed by atoms with van der Waals surface area (Å²) in [6.07, 6.45) is 0. The van der Waals surface area contributed by atoms with Gasteiger partial charge >= 0.3 is 0 Å². The van der Waals surface area contributed by atoms with E-state index < -0.39 is 4.92 Å². The summed E-state index contributed by atoms with van der Waals surface area (Å²) >= 11 is 7.75. The summed E-state index contributed by atoms with van der Waals surface area (Å²) in [6.45, 7) is 5.01. The lowest BCUT2D eigenvalue weighted by Gasteiger charge is -2.14. The Balaban J connectivity index is 1.47. The van der Waals surface area contributed by atoms with Gasteiger partial charge in [-0.15, -0.1) is 11.3 Å². The Labute approximate surface area is 190 Å². The molecule has 0 saturated carbocycles. The van der Waals surface area contributed by atoms with Gasteiger partial charge in [0.1, 0.15) is 6.61 Å². The average Bonchev–Trinajstić information content (AvgIpc) is 3.27. The van der Waals surface area contributed by atoms with Crippen LogP contribution < -0.4 is 20.1 Å². The van der Waals surface area contributed by atoms with E-state index in [1.165, 1.54) is 12.1 Å². The lowest BCUT2D eigenvalue weighted by molar-refractivity contribution is -0.384. The number of hydrogen-bond donors (Lipinski definition) is 2. The van der Waals surface area contributed by atoms with Crippen LogP contribution in [-0.2, 0) is 13.2 Å². The minimum absolute atomic E-state index is 0.0263. The summed E-state index contributed by atoms with van der Waals surface area (Å²) in [5.41, 5.74) is 1.72. The molecular weight excluding hydrogens is 438 g/mol. The molecule has 164 valence electrons. The van der Waals surface area contributed by atoms with Crippen molar-refractivity contribution >= 4 is 34.3 Å². The number of nitro benzene ring substituents is 1. The van der Waals surface area contributed by atoms with Crippen LogP contribution in [0.5, 0.6) is 11.5 Å². The van der Waals surface area contributed by atoms with Gasteiger partial charge in [0.15, 0.2) is 11.5 Å². The number of benzene rings is 2. The minimum atomic E-state index is -0.466. The zero-order valence-electron chi connectivity index (χ0n) is 17.1. The van der Waals surface area contributed by atoms with E-state index in [1.54, 1.807) is 17.4 Å². The zero-order valence-corrected chi connectivity index (χ0v) is 18.7. The van der Waals surface area contributed by atoms with Crippen molar-refractivity contribution in [3.05, 3.63) is 79.5 Å². The summed E-state index contributed by atoms with van der Waals surface area (Å²) < 4.78 is 11.7. The molecule has 9 heteroatoms. The second kappa shape index (κ2) is 11.5. The molecule has 0 atom stereocenters. The van der Waals surface area contributed by atoms with Crippen LogP contribution >= 0.6 is 22.9 Å². The summed E-state index contributed by atoms with van der Waals surface area (Å²) in [7, 11) is 0. The van der Waals surface area contributed by atoms with E-state index in [0.29, 0.717) is 43.6 Å². The maximum atomic E-state index is 10.8. The molecule has 0 amide bonds. The van der Waals surface area contributed by atoms with E-state index in [-0.39, 0.29) is 5.69 Å². The second-order valence-corrected chi connectivity index (χ2v) is 8.05. The van der Waals surface area contributed by atoms with E-state index in [2.05, 4.69) is 10.6 Å². The third-order valence-corrected chi connectivity index (χ3v) is 5.53. The highest BCUT2D eigenvalue weighted by molar-refractivity contribution is 7.09. The highest BCUT2D eigenvalue weighted by Crippen LogP contribution is 2.30. The Hall–Kier alpha value is -2.81. The van der Waals surface area contributed by atoms with Crippen molar-refractivity contribution in [1.82, 2.24) is 5.32 Å². The van der Waals surface area contributed by atoms with Gasteiger partial charge in [0.25, 0.3) is 5.69 Å². The molecule has 0 aliphatic rings. The Bertz CT molecular complexity index is 998. The number of anilines is 1. The van der Waals surface area contributed by atoms with Gasteiger partial charge < -0.3 is 20.1 Å². The number of ether oxygens (including phenoxy) is 2. The molecule has 0 unspecified atom stereocenters. The number of nitrogens with one attached hydrogen (secondary N) is 2. The van der Waals surface area contributed by atoms with Crippen LogP contribution in [-0.4, -0.2) is 24.6 Å². The van der Waals surface area contributed by atoms with Crippen molar-refractivity contribution in [2.45, 2.75) is 20.1 Å². The van der Waals surface area contributed by atoms with Crippen LogP contribution in [0.2, 0.25) is 5.02 Å². The van der Waals surface area contributed by atoms with E-state index in [1.807, 2.05) is 42.6 Å². The first-order valence-electron chi connectivity index (χ1n) is 9.86. The molecule has 2 aromatic carbocycles. The maximum absolute atomic E-state index is 10.8. The Morgan fingerprint density at radius 2 is 1.97 bits per heavy atom. The van der Waals surface area contributed by atoms with Gasteiger partial charge in [-0.1, -0.05) is 23.7 Å². The van der Waals surface area contributed by atoms with Crippen LogP contribution in [0.15, 0.2) is 53.9 Å². The van der Waals surface area contributed by atoms with Crippen LogP contribution in [0.4, 0.5) is 11.4 Å². The van der Waals surface area contributed by atoms with E-state index >= 15 is 0 Å². The summed E-state index contributed by atoms with van der Waals surface area (Å²) in [6, 6.07) is 14.4. The van der Waals surface area contributed by atoms with Crippen molar-refractivity contribution in [3.8, 4) is 11.5 Å². The van der Waals surface area contributed by atoms with Crippen molar-refractivity contribution in [1.29, 1.82) is 0 Å². The van der Waals surface area contributed by atoms with Gasteiger partial charge in [-0.05, 0) is 42.1 Å². The normalized spacial score (nSPS) is 10.6. The second-order valence-electron chi connectivity index (χ2n) is 6.61. The minimum Gasteiger partial charge on any atom is -0.490 e. The molecule has 2 N–H and O–H groups in total. The largest absolute Gasteiger partial charge is 0.490 e. The highest BCUT2D eigenvalue weighted by atomic mass is 35.5. The third kappa shape index (κ3) is 6.85. The molecular formula is C22H24ClN3O4S. The molecule has 3 aromatic rings. The molecule has 0 aliphatic heterocycles. The third-order valence-electron chi connectivity index (χ3n) is 4.37. The number of nitro groups is 1. The number of thiophene rings is 1. The van der Waals surface area contributed by atoms with Gasteiger partial charge in [0.2, 0.25) is 0 Å². The SMILES string of the molecule is CCOc1cc(CNCCNc2ccc([N+](=O)[O-])cc2Cl)ccc1OCc1cccs1. The molecule has 0 saturated heterocycles. The Kier molecular flexibility index (Phi) is 8.52. The topological polar surface area (TPSA) is 85.7 Å². The number of nitrogens with zero attached hydrogens (tertiary/aromatic N) is 1. The molecule has 0 aliphatic carbocycles. The monoisotopic (exact) mass is 461 g/mol. The molecule has 1 aromatic heterocycles. The predicted molar refractivity (Wildman–Crippen MR) is 125 cm³/mol. The van der Waals surface area contributed by atoms with Gasteiger partial charge in [-0.2, -0.15) is 0 Å². The first-order valence-corrected chi connectivity index (χ1v) is 11.1. The average molecular weight is 462 g/mol. The number of non-ortho nitro benzene ring substituents is 1. The Morgan fingerprint density at radius 1 is 1.10 bits per heavy atom. The molecule has 0 fully saturated rings. The smallest absolute Gasteiger partial charge is 0.271 e.